The summed E-state index contributed by atoms with van der Waals surface area (Å²) in [5, 5.41) is 15.2. The summed E-state index contributed by atoms with van der Waals surface area (Å²) in [5.41, 5.74) is 1.03. The molecule has 2 aliphatic rings. The zero-order valence-electron chi connectivity index (χ0n) is 16.6. The van der Waals surface area contributed by atoms with Gasteiger partial charge in [-0.05, 0) is 66.0 Å². The number of tetrazole rings is 1. The van der Waals surface area contributed by atoms with Gasteiger partial charge < -0.3 is 10.2 Å². The zero-order valence-corrected chi connectivity index (χ0v) is 17.4. The SMILES string of the molecule is Clc1cnc(N2CCC([C@H]3C[C@H]3CCNc3ccc(-n4cnnn4)nc3)CC2)nc1. The quantitative estimate of drug-likeness (QED) is 0.617. The number of pyridine rings is 1. The summed E-state index contributed by atoms with van der Waals surface area (Å²) in [6, 6.07) is 3.93. The van der Waals surface area contributed by atoms with Gasteiger partial charge in [-0.25, -0.2) is 15.0 Å². The van der Waals surface area contributed by atoms with E-state index in [0.29, 0.717) is 10.8 Å². The summed E-state index contributed by atoms with van der Waals surface area (Å²) in [6.07, 6.45) is 11.7. The van der Waals surface area contributed by atoms with E-state index in [1.807, 2.05) is 18.3 Å². The summed E-state index contributed by atoms with van der Waals surface area (Å²) in [7, 11) is 0. The van der Waals surface area contributed by atoms with Crippen molar-refractivity contribution in [3.63, 3.8) is 0 Å². The first-order chi connectivity index (χ1) is 14.8. The number of anilines is 2. The van der Waals surface area contributed by atoms with Crippen molar-refractivity contribution in [3.8, 4) is 5.82 Å². The van der Waals surface area contributed by atoms with E-state index >= 15 is 0 Å². The molecule has 10 heteroatoms. The number of aromatic nitrogens is 7. The Bertz CT molecular complexity index is 937. The Morgan fingerprint density at radius 2 is 1.90 bits per heavy atom. The normalized spacial score (nSPS) is 21.6. The van der Waals surface area contributed by atoms with E-state index in [4.69, 9.17) is 11.6 Å². The summed E-state index contributed by atoms with van der Waals surface area (Å²) >= 11 is 5.89. The van der Waals surface area contributed by atoms with Crippen molar-refractivity contribution < 1.29 is 0 Å². The van der Waals surface area contributed by atoms with E-state index in [1.54, 1.807) is 17.1 Å². The molecule has 30 heavy (non-hydrogen) atoms. The van der Waals surface area contributed by atoms with Crippen LogP contribution in [0.3, 0.4) is 0 Å². The standard InChI is InChI=1S/C20H24ClN9/c21-16-10-24-20(25-11-16)29-7-4-14(5-8-29)18-9-15(18)3-6-22-17-1-2-19(23-12-17)30-13-26-27-28-30/h1-2,10-15,18,22H,3-9H2/t15-,18-/m1/s1. The van der Waals surface area contributed by atoms with Gasteiger partial charge in [-0.3, -0.25) is 0 Å². The van der Waals surface area contributed by atoms with Crippen LogP contribution in [0.15, 0.2) is 37.1 Å². The molecule has 1 saturated carbocycles. The zero-order chi connectivity index (χ0) is 20.3. The highest BCUT2D eigenvalue weighted by Gasteiger charge is 2.43. The number of nitrogens with zero attached hydrogens (tertiary/aromatic N) is 8. The fourth-order valence-corrected chi connectivity index (χ4v) is 4.57. The topological polar surface area (TPSA) is 97.5 Å². The molecule has 3 aromatic heterocycles. The number of hydrogen-bond acceptors (Lipinski definition) is 8. The van der Waals surface area contributed by atoms with Crippen LogP contribution in [-0.2, 0) is 0 Å². The summed E-state index contributed by atoms with van der Waals surface area (Å²) < 4.78 is 1.54. The van der Waals surface area contributed by atoms with Crippen molar-refractivity contribution in [3.05, 3.63) is 42.1 Å². The molecule has 1 aliphatic heterocycles. The Labute approximate surface area is 179 Å². The largest absolute Gasteiger partial charge is 0.384 e. The maximum absolute atomic E-state index is 5.89. The van der Waals surface area contributed by atoms with Gasteiger partial charge >= 0.3 is 0 Å². The molecule has 5 rings (SSSR count). The van der Waals surface area contributed by atoms with Gasteiger partial charge in [0.1, 0.15) is 6.33 Å². The van der Waals surface area contributed by atoms with Gasteiger partial charge in [-0.1, -0.05) is 11.6 Å². The van der Waals surface area contributed by atoms with Crippen LogP contribution in [0.25, 0.3) is 5.82 Å². The smallest absolute Gasteiger partial charge is 0.225 e. The number of nitrogens with one attached hydrogen (secondary N) is 1. The first-order valence-electron chi connectivity index (χ1n) is 10.4. The second kappa shape index (κ2) is 8.51. The summed E-state index contributed by atoms with van der Waals surface area (Å²) in [6.45, 7) is 3.05. The highest BCUT2D eigenvalue weighted by atomic mass is 35.5. The van der Waals surface area contributed by atoms with Crippen LogP contribution in [0.5, 0.6) is 0 Å². The van der Waals surface area contributed by atoms with Gasteiger partial charge in [-0.2, -0.15) is 4.68 Å². The van der Waals surface area contributed by atoms with Crippen LogP contribution in [0, 0.1) is 17.8 Å². The molecule has 2 fully saturated rings. The highest BCUT2D eigenvalue weighted by molar-refractivity contribution is 6.30. The van der Waals surface area contributed by atoms with Crippen LogP contribution in [0.4, 0.5) is 11.6 Å². The van der Waals surface area contributed by atoms with E-state index in [2.05, 4.69) is 40.7 Å². The fraction of sp³-hybridized carbons (Fsp3) is 0.500. The summed E-state index contributed by atoms with van der Waals surface area (Å²) in [5.74, 6) is 4.06. The molecule has 0 radical (unpaired) electrons. The van der Waals surface area contributed by atoms with Gasteiger partial charge in [-0.15, -0.1) is 5.10 Å². The second-order valence-corrected chi connectivity index (χ2v) is 8.50. The maximum Gasteiger partial charge on any atom is 0.225 e. The summed E-state index contributed by atoms with van der Waals surface area (Å²) in [4.78, 5) is 15.4. The molecule has 9 nitrogen and oxygen atoms in total. The van der Waals surface area contributed by atoms with Crippen LogP contribution in [-0.4, -0.2) is 54.8 Å². The number of piperidine rings is 1. The first-order valence-corrected chi connectivity index (χ1v) is 10.8. The van der Waals surface area contributed by atoms with Gasteiger partial charge in [0.25, 0.3) is 0 Å². The number of hydrogen-bond donors (Lipinski definition) is 1. The van der Waals surface area contributed by atoms with Crippen molar-refractivity contribution in [2.75, 3.05) is 29.9 Å². The van der Waals surface area contributed by atoms with Crippen molar-refractivity contribution in [1.82, 2.24) is 35.2 Å². The van der Waals surface area contributed by atoms with Gasteiger partial charge in [0.2, 0.25) is 5.95 Å². The van der Waals surface area contributed by atoms with Crippen molar-refractivity contribution >= 4 is 23.2 Å². The van der Waals surface area contributed by atoms with E-state index in [-0.39, 0.29) is 0 Å². The Morgan fingerprint density at radius 3 is 2.60 bits per heavy atom. The molecule has 1 aliphatic carbocycles. The molecule has 3 aromatic rings. The molecule has 0 aromatic carbocycles. The molecule has 156 valence electrons. The maximum atomic E-state index is 5.89. The first kappa shape index (κ1) is 19.2. The van der Waals surface area contributed by atoms with E-state index in [0.717, 1.165) is 49.0 Å². The third-order valence-electron chi connectivity index (χ3n) is 6.19. The van der Waals surface area contributed by atoms with Crippen LogP contribution >= 0.6 is 11.6 Å². The van der Waals surface area contributed by atoms with E-state index in [1.165, 1.54) is 32.0 Å². The Kier molecular flexibility index (Phi) is 5.44. The van der Waals surface area contributed by atoms with Crippen molar-refractivity contribution in [1.29, 1.82) is 0 Å². The minimum absolute atomic E-state index is 0.585. The van der Waals surface area contributed by atoms with Crippen LogP contribution in [0.2, 0.25) is 5.02 Å². The predicted molar refractivity (Wildman–Crippen MR) is 114 cm³/mol. The van der Waals surface area contributed by atoms with Gasteiger partial charge in [0.15, 0.2) is 5.82 Å². The minimum Gasteiger partial charge on any atom is -0.384 e. The Balaban J connectivity index is 1.03. The van der Waals surface area contributed by atoms with Crippen molar-refractivity contribution in [2.24, 2.45) is 17.8 Å². The molecular formula is C20H24ClN9. The molecule has 0 spiro atoms. The number of rotatable bonds is 7. The third kappa shape index (κ3) is 4.35. The predicted octanol–water partition coefficient (Wildman–Crippen LogP) is 2.86. The molecule has 4 heterocycles. The molecule has 1 saturated heterocycles. The fourth-order valence-electron chi connectivity index (χ4n) is 4.47. The van der Waals surface area contributed by atoms with Gasteiger partial charge in [0.05, 0.1) is 29.3 Å². The molecule has 1 N–H and O–H groups in total. The molecule has 0 bridgehead atoms. The Morgan fingerprint density at radius 1 is 1.07 bits per heavy atom. The highest BCUT2D eigenvalue weighted by Crippen LogP contribution is 2.49. The molecule has 0 amide bonds. The monoisotopic (exact) mass is 425 g/mol. The van der Waals surface area contributed by atoms with E-state index < -0.39 is 0 Å². The lowest BCUT2D eigenvalue weighted by Gasteiger charge is -2.32. The van der Waals surface area contributed by atoms with Crippen molar-refractivity contribution in [2.45, 2.75) is 25.7 Å². The van der Waals surface area contributed by atoms with Gasteiger partial charge in [0, 0.05) is 19.6 Å². The minimum atomic E-state index is 0.585. The average Bonchev–Trinajstić information content (AvgIpc) is 3.34. The average molecular weight is 426 g/mol. The lowest BCUT2D eigenvalue weighted by atomic mass is 9.90. The molecule has 2 atom stereocenters. The lowest BCUT2D eigenvalue weighted by Crippen LogP contribution is -2.35. The second-order valence-electron chi connectivity index (χ2n) is 8.06. The lowest BCUT2D eigenvalue weighted by molar-refractivity contribution is 0.343. The Hall–Kier alpha value is -2.81. The third-order valence-corrected chi connectivity index (χ3v) is 6.38. The van der Waals surface area contributed by atoms with E-state index in [9.17, 15) is 0 Å². The molecule has 0 unspecified atom stereocenters. The number of halogens is 1. The van der Waals surface area contributed by atoms with Crippen LogP contribution < -0.4 is 10.2 Å². The molecular weight excluding hydrogens is 402 g/mol. The van der Waals surface area contributed by atoms with Crippen LogP contribution in [0.1, 0.15) is 25.7 Å².